The van der Waals surface area contributed by atoms with Crippen molar-refractivity contribution in [2.45, 2.75) is 32.7 Å². The molecule has 0 bridgehead atoms. The van der Waals surface area contributed by atoms with Crippen molar-refractivity contribution in [3.05, 3.63) is 0 Å². The molecule has 0 radical (unpaired) electrons. The average molecular weight is 306 g/mol. The van der Waals surface area contributed by atoms with Gasteiger partial charge < -0.3 is 5.32 Å². The summed E-state index contributed by atoms with van der Waals surface area (Å²) >= 11 is 0. The molecule has 7 heteroatoms. The number of rotatable bonds is 7. The second-order valence-electron chi connectivity index (χ2n) is 6.10. The Labute approximate surface area is 124 Å². The maximum Gasteiger partial charge on any atom is 0.281 e. The molecular weight excluding hydrogens is 276 g/mol. The van der Waals surface area contributed by atoms with Crippen LogP contribution in [0.5, 0.6) is 0 Å². The van der Waals surface area contributed by atoms with E-state index in [1.54, 1.807) is 11.4 Å². The smallest absolute Gasteiger partial charge is 0.281 e. The molecule has 1 saturated heterocycles. The van der Waals surface area contributed by atoms with Crippen molar-refractivity contribution >= 4 is 10.2 Å². The van der Waals surface area contributed by atoms with Crippen LogP contribution in [0.3, 0.4) is 0 Å². The Bertz CT molecular complexity index is 397. The van der Waals surface area contributed by atoms with Crippen molar-refractivity contribution in [3.63, 3.8) is 0 Å². The SMILES string of the molecule is CCNCCCN(C)S(=O)(=O)N1CCN(C)C(C)(C)C1. The minimum atomic E-state index is -3.33. The molecule has 120 valence electrons. The van der Waals surface area contributed by atoms with Crippen molar-refractivity contribution in [3.8, 4) is 0 Å². The molecule has 1 aliphatic heterocycles. The lowest BCUT2D eigenvalue weighted by Gasteiger charge is -2.45. The van der Waals surface area contributed by atoms with E-state index in [9.17, 15) is 8.42 Å². The predicted octanol–water partition coefficient (Wildman–Crippen LogP) is 0.189. The van der Waals surface area contributed by atoms with Gasteiger partial charge in [-0.25, -0.2) is 0 Å². The van der Waals surface area contributed by atoms with Gasteiger partial charge in [-0.05, 0) is 40.4 Å². The molecule has 1 heterocycles. The van der Waals surface area contributed by atoms with Gasteiger partial charge in [-0.1, -0.05) is 6.92 Å². The number of piperazine rings is 1. The van der Waals surface area contributed by atoms with Crippen LogP contribution in [0, 0.1) is 0 Å². The summed E-state index contributed by atoms with van der Waals surface area (Å²) < 4.78 is 28.2. The van der Waals surface area contributed by atoms with Crippen molar-refractivity contribution in [1.29, 1.82) is 0 Å². The minimum absolute atomic E-state index is 0.115. The Morgan fingerprint density at radius 3 is 2.50 bits per heavy atom. The van der Waals surface area contributed by atoms with Crippen molar-refractivity contribution < 1.29 is 8.42 Å². The summed E-state index contributed by atoms with van der Waals surface area (Å²) in [6.07, 6.45) is 0.834. The lowest BCUT2D eigenvalue weighted by Crippen LogP contribution is -2.60. The lowest BCUT2D eigenvalue weighted by atomic mass is 10.0. The molecule has 20 heavy (non-hydrogen) atoms. The highest BCUT2D eigenvalue weighted by Gasteiger charge is 2.37. The monoisotopic (exact) mass is 306 g/mol. The van der Waals surface area contributed by atoms with E-state index in [0.29, 0.717) is 19.6 Å². The zero-order chi connectivity index (χ0) is 15.4. The molecule has 0 aromatic carbocycles. The number of nitrogens with one attached hydrogen (secondary N) is 1. The van der Waals surface area contributed by atoms with Gasteiger partial charge in [0.1, 0.15) is 0 Å². The third kappa shape index (κ3) is 4.39. The summed E-state index contributed by atoms with van der Waals surface area (Å²) in [6, 6.07) is 0. The topological polar surface area (TPSA) is 55.9 Å². The predicted molar refractivity (Wildman–Crippen MR) is 83.0 cm³/mol. The van der Waals surface area contributed by atoms with E-state index in [1.165, 1.54) is 4.31 Å². The van der Waals surface area contributed by atoms with E-state index >= 15 is 0 Å². The third-order valence-corrected chi connectivity index (χ3v) is 6.01. The molecule has 1 rings (SSSR count). The van der Waals surface area contributed by atoms with Gasteiger partial charge in [0.25, 0.3) is 10.2 Å². The zero-order valence-electron chi connectivity index (χ0n) is 13.5. The van der Waals surface area contributed by atoms with Crippen LogP contribution in [0.2, 0.25) is 0 Å². The first kappa shape index (κ1) is 17.8. The van der Waals surface area contributed by atoms with Crippen LogP contribution in [0.25, 0.3) is 0 Å². The van der Waals surface area contributed by atoms with Gasteiger partial charge in [0, 0.05) is 38.8 Å². The Hall–Kier alpha value is -0.210. The largest absolute Gasteiger partial charge is 0.317 e. The average Bonchev–Trinajstić information content (AvgIpc) is 2.37. The second-order valence-corrected chi connectivity index (χ2v) is 8.14. The molecule has 0 aliphatic carbocycles. The van der Waals surface area contributed by atoms with Crippen LogP contribution in [0.4, 0.5) is 0 Å². The molecule has 0 spiro atoms. The van der Waals surface area contributed by atoms with E-state index in [-0.39, 0.29) is 5.54 Å². The summed E-state index contributed by atoms with van der Waals surface area (Å²) in [7, 11) is 0.387. The highest BCUT2D eigenvalue weighted by molar-refractivity contribution is 7.86. The third-order valence-electron chi connectivity index (χ3n) is 4.08. The van der Waals surface area contributed by atoms with Gasteiger partial charge in [-0.2, -0.15) is 17.0 Å². The standard InChI is InChI=1S/C13H30N4O2S/c1-6-14-8-7-9-16(5)20(18,19)17-11-10-15(4)13(2,3)12-17/h14H,6-12H2,1-5H3. The van der Waals surface area contributed by atoms with E-state index in [4.69, 9.17) is 0 Å². The van der Waals surface area contributed by atoms with E-state index < -0.39 is 10.2 Å². The van der Waals surface area contributed by atoms with Crippen LogP contribution in [-0.4, -0.2) is 80.8 Å². The molecule has 0 aromatic heterocycles. The Balaban J connectivity index is 2.59. The van der Waals surface area contributed by atoms with Crippen molar-refractivity contribution in [1.82, 2.24) is 18.8 Å². The molecule has 0 aromatic rings. The van der Waals surface area contributed by atoms with Gasteiger partial charge in [-0.15, -0.1) is 0 Å². The molecule has 6 nitrogen and oxygen atoms in total. The minimum Gasteiger partial charge on any atom is -0.317 e. The lowest BCUT2D eigenvalue weighted by molar-refractivity contribution is 0.0773. The van der Waals surface area contributed by atoms with Crippen LogP contribution < -0.4 is 5.32 Å². The molecule has 0 unspecified atom stereocenters. The van der Waals surface area contributed by atoms with E-state index in [1.807, 2.05) is 14.0 Å². The Morgan fingerprint density at radius 2 is 1.95 bits per heavy atom. The van der Waals surface area contributed by atoms with Gasteiger partial charge >= 0.3 is 0 Å². The molecule has 0 saturated carbocycles. The molecule has 0 amide bonds. The fourth-order valence-electron chi connectivity index (χ4n) is 2.31. The van der Waals surface area contributed by atoms with E-state index in [2.05, 4.69) is 24.1 Å². The summed E-state index contributed by atoms with van der Waals surface area (Å²) in [4.78, 5) is 2.21. The van der Waals surface area contributed by atoms with Gasteiger partial charge in [0.2, 0.25) is 0 Å². The highest BCUT2D eigenvalue weighted by Crippen LogP contribution is 2.22. The van der Waals surface area contributed by atoms with Gasteiger partial charge in [0.05, 0.1) is 0 Å². The first-order valence-electron chi connectivity index (χ1n) is 7.35. The van der Waals surface area contributed by atoms with Crippen LogP contribution in [-0.2, 0) is 10.2 Å². The first-order valence-corrected chi connectivity index (χ1v) is 8.75. The molecule has 0 atom stereocenters. The summed E-state index contributed by atoms with van der Waals surface area (Å²) in [5, 5.41) is 3.21. The van der Waals surface area contributed by atoms with Gasteiger partial charge in [-0.3, -0.25) is 4.90 Å². The fourth-order valence-corrected chi connectivity index (χ4v) is 3.85. The molecule has 1 fully saturated rings. The zero-order valence-corrected chi connectivity index (χ0v) is 14.3. The van der Waals surface area contributed by atoms with Gasteiger partial charge in [0.15, 0.2) is 0 Å². The molecular formula is C13H30N4O2S. The van der Waals surface area contributed by atoms with Crippen LogP contribution in [0.15, 0.2) is 0 Å². The summed E-state index contributed by atoms with van der Waals surface area (Å²) in [5.74, 6) is 0. The Kier molecular flexibility index (Phi) is 6.40. The van der Waals surface area contributed by atoms with Crippen LogP contribution in [0.1, 0.15) is 27.2 Å². The number of hydrogen-bond acceptors (Lipinski definition) is 4. The number of hydrogen-bond donors (Lipinski definition) is 1. The normalized spacial score (nSPS) is 21.5. The van der Waals surface area contributed by atoms with Crippen LogP contribution >= 0.6 is 0 Å². The molecule has 1 N–H and O–H groups in total. The van der Waals surface area contributed by atoms with Crippen molar-refractivity contribution in [2.24, 2.45) is 0 Å². The van der Waals surface area contributed by atoms with Crippen molar-refractivity contribution in [2.75, 3.05) is 53.4 Å². The quantitative estimate of drug-likeness (QED) is 0.682. The van der Waals surface area contributed by atoms with E-state index in [0.717, 1.165) is 26.1 Å². The highest BCUT2D eigenvalue weighted by atomic mass is 32.2. The number of nitrogens with zero attached hydrogens (tertiary/aromatic N) is 3. The second kappa shape index (κ2) is 7.17. The first-order chi connectivity index (χ1) is 9.21. The maximum atomic E-state index is 12.6. The Morgan fingerprint density at radius 1 is 1.30 bits per heavy atom. The number of likely N-dealkylation sites (N-methyl/N-ethyl adjacent to an activating group) is 1. The maximum absolute atomic E-state index is 12.6. The molecule has 1 aliphatic rings. The summed E-state index contributed by atoms with van der Waals surface area (Å²) in [6.45, 7) is 10.4. The summed E-state index contributed by atoms with van der Waals surface area (Å²) in [5.41, 5.74) is -0.115. The fraction of sp³-hybridized carbons (Fsp3) is 1.00.